The van der Waals surface area contributed by atoms with Gasteiger partial charge < -0.3 is 25.6 Å². The second kappa shape index (κ2) is 41.6. The number of aliphatic hydroxyl groups is 1. The molecule has 0 aliphatic heterocycles. The third-order valence-corrected chi connectivity index (χ3v) is 9.11. The van der Waals surface area contributed by atoms with Crippen LogP contribution < -0.4 is 10.6 Å². The molecule has 0 aliphatic rings. The lowest BCUT2D eigenvalue weighted by Crippen LogP contribution is -2.47. The van der Waals surface area contributed by atoms with Crippen LogP contribution in [0.15, 0.2) is 85.1 Å². The second-order valence-corrected chi connectivity index (χ2v) is 14.4. The van der Waals surface area contributed by atoms with Gasteiger partial charge in [-0.15, -0.1) is 0 Å². The van der Waals surface area contributed by atoms with E-state index >= 15 is 0 Å². The number of ether oxygens (including phenoxy) is 1. The Morgan fingerprint density at radius 2 is 1.05 bits per heavy atom. The van der Waals surface area contributed by atoms with Crippen LogP contribution >= 0.6 is 0 Å². The smallest absolute Gasteiger partial charge is 0.328 e. The minimum absolute atomic E-state index is 0.144. The molecule has 0 heterocycles. The second-order valence-electron chi connectivity index (χ2n) is 14.4. The van der Waals surface area contributed by atoms with Gasteiger partial charge in [-0.25, -0.2) is 4.79 Å². The molecule has 57 heavy (non-hydrogen) atoms. The SMILES string of the molecule is CC/C=C\C/C=C\C/C=C\C/C=C\C/C=C\CCCCCCCCCC(=O)OC(/C=C\C/C=C\CCCC)CCCCCCC(=O)NCC(=O)NC(CO)C(=O)O. The van der Waals surface area contributed by atoms with Crippen molar-refractivity contribution in [2.24, 2.45) is 0 Å². The van der Waals surface area contributed by atoms with Crippen molar-refractivity contribution >= 4 is 23.8 Å². The number of aliphatic hydroxyl groups excluding tert-OH is 1. The molecular weight excluding hydrogens is 717 g/mol. The maximum atomic E-state index is 12.7. The molecule has 9 nitrogen and oxygen atoms in total. The van der Waals surface area contributed by atoms with Gasteiger partial charge in [0.1, 0.15) is 12.1 Å². The monoisotopic (exact) mass is 795 g/mol. The van der Waals surface area contributed by atoms with Crippen LogP contribution in [0.25, 0.3) is 0 Å². The Labute approximate surface area is 346 Å². The number of unbranched alkanes of at least 4 members (excludes halogenated alkanes) is 12. The minimum atomic E-state index is -1.40. The van der Waals surface area contributed by atoms with Crippen LogP contribution in [0, 0.1) is 0 Å². The van der Waals surface area contributed by atoms with Crippen molar-refractivity contribution in [2.45, 2.75) is 180 Å². The highest BCUT2D eigenvalue weighted by Crippen LogP contribution is 2.15. The Bertz CT molecular complexity index is 1230. The van der Waals surface area contributed by atoms with Gasteiger partial charge in [-0.2, -0.15) is 0 Å². The predicted molar refractivity (Wildman–Crippen MR) is 236 cm³/mol. The number of amides is 2. The van der Waals surface area contributed by atoms with Crippen molar-refractivity contribution in [3.8, 4) is 0 Å². The number of carbonyl (C=O) groups excluding carboxylic acids is 3. The van der Waals surface area contributed by atoms with Crippen LogP contribution in [0.5, 0.6) is 0 Å². The maximum absolute atomic E-state index is 12.7. The number of carbonyl (C=O) groups is 4. The molecule has 0 fully saturated rings. The van der Waals surface area contributed by atoms with Crippen LogP contribution in [0.3, 0.4) is 0 Å². The quantitative estimate of drug-likeness (QED) is 0.0277. The van der Waals surface area contributed by atoms with E-state index in [-0.39, 0.29) is 30.9 Å². The summed E-state index contributed by atoms with van der Waals surface area (Å²) < 4.78 is 5.87. The standard InChI is InChI=1S/C48H78N2O7/c1-3-5-7-9-11-12-13-14-15-16-17-18-19-20-21-22-23-24-25-26-28-30-36-40-47(54)57-43(37-33-29-27-10-8-6-4-2)38-34-31-32-35-39-45(52)49-41-46(53)50-44(42-51)48(55)56/h5,7,10-12,14-15,17-18,20-21,27,33,37,43-44,51H,3-4,6,8-9,13,16,19,22-26,28-32,34-36,38-42H2,1-2H3,(H,49,52)(H,50,53)(H,55,56)/b7-5-,12-11-,15-14-,18-17-,21-20-,27-10-,37-33-. The highest BCUT2D eigenvalue weighted by atomic mass is 16.5. The van der Waals surface area contributed by atoms with Crippen LogP contribution in [0.2, 0.25) is 0 Å². The van der Waals surface area contributed by atoms with Gasteiger partial charge in [-0.3, -0.25) is 14.4 Å². The third-order valence-electron chi connectivity index (χ3n) is 9.11. The normalized spacial score (nSPS) is 13.3. The summed E-state index contributed by atoms with van der Waals surface area (Å²) >= 11 is 0. The Morgan fingerprint density at radius 3 is 1.61 bits per heavy atom. The summed E-state index contributed by atoms with van der Waals surface area (Å²) in [6.45, 7) is 3.26. The number of hydrogen-bond donors (Lipinski definition) is 4. The maximum Gasteiger partial charge on any atom is 0.328 e. The Kier molecular flexibility index (Phi) is 38.7. The summed E-state index contributed by atoms with van der Waals surface area (Å²) in [4.78, 5) is 47.5. The van der Waals surface area contributed by atoms with Gasteiger partial charge in [0.05, 0.1) is 13.2 Å². The number of esters is 1. The van der Waals surface area contributed by atoms with Gasteiger partial charge in [0.15, 0.2) is 0 Å². The van der Waals surface area contributed by atoms with Crippen molar-refractivity contribution < 1.29 is 34.1 Å². The lowest BCUT2D eigenvalue weighted by Gasteiger charge is -2.15. The van der Waals surface area contributed by atoms with E-state index in [0.29, 0.717) is 12.8 Å². The highest BCUT2D eigenvalue weighted by Gasteiger charge is 2.18. The van der Waals surface area contributed by atoms with Crippen molar-refractivity contribution in [3.63, 3.8) is 0 Å². The number of allylic oxidation sites excluding steroid dienone is 13. The van der Waals surface area contributed by atoms with Crippen LogP contribution in [-0.4, -0.2) is 59.3 Å². The minimum Gasteiger partial charge on any atom is -0.480 e. The largest absolute Gasteiger partial charge is 0.480 e. The molecule has 0 bridgehead atoms. The fourth-order valence-corrected chi connectivity index (χ4v) is 5.73. The van der Waals surface area contributed by atoms with Gasteiger partial charge in [-0.1, -0.05) is 151 Å². The first-order valence-corrected chi connectivity index (χ1v) is 22.0. The van der Waals surface area contributed by atoms with Gasteiger partial charge in [0.25, 0.3) is 0 Å². The zero-order chi connectivity index (χ0) is 41.9. The molecule has 0 spiro atoms. The first kappa shape index (κ1) is 53.0. The average molecular weight is 795 g/mol. The summed E-state index contributed by atoms with van der Waals surface area (Å²) in [6.07, 6.45) is 53.5. The van der Waals surface area contributed by atoms with Crippen LogP contribution in [0.4, 0.5) is 0 Å². The third kappa shape index (κ3) is 38.7. The lowest BCUT2D eigenvalue weighted by molar-refractivity contribution is -0.147. The first-order chi connectivity index (χ1) is 27.8. The van der Waals surface area contributed by atoms with Crippen LogP contribution in [-0.2, 0) is 23.9 Å². The van der Waals surface area contributed by atoms with Crippen molar-refractivity contribution in [1.29, 1.82) is 0 Å². The molecule has 9 heteroatoms. The summed E-state index contributed by atoms with van der Waals surface area (Å²) in [7, 11) is 0. The number of carboxylic acids is 1. The summed E-state index contributed by atoms with van der Waals surface area (Å²) in [5.41, 5.74) is 0. The van der Waals surface area contributed by atoms with Crippen molar-refractivity contribution in [2.75, 3.05) is 13.2 Å². The highest BCUT2D eigenvalue weighted by molar-refractivity contribution is 5.87. The van der Waals surface area contributed by atoms with Crippen molar-refractivity contribution in [1.82, 2.24) is 10.6 Å². The predicted octanol–water partition coefficient (Wildman–Crippen LogP) is 10.9. The fourth-order valence-electron chi connectivity index (χ4n) is 5.73. The zero-order valence-corrected chi connectivity index (χ0v) is 35.6. The number of aliphatic carboxylic acids is 1. The molecular formula is C48H78N2O7. The Morgan fingerprint density at radius 1 is 0.561 bits per heavy atom. The Balaban J connectivity index is 4.19. The first-order valence-electron chi connectivity index (χ1n) is 22.0. The molecule has 0 rings (SSSR count). The number of rotatable bonds is 38. The Hall–Kier alpha value is -3.98. The molecule has 322 valence electrons. The molecule has 0 aromatic rings. The van der Waals surface area contributed by atoms with Gasteiger partial charge >= 0.3 is 11.9 Å². The van der Waals surface area contributed by atoms with Gasteiger partial charge in [0.2, 0.25) is 11.8 Å². The van der Waals surface area contributed by atoms with Gasteiger partial charge in [-0.05, 0) is 89.5 Å². The topological polar surface area (TPSA) is 142 Å². The van der Waals surface area contributed by atoms with Gasteiger partial charge in [0, 0.05) is 12.8 Å². The molecule has 0 radical (unpaired) electrons. The molecule has 2 amide bonds. The zero-order valence-electron chi connectivity index (χ0n) is 35.6. The number of nitrogens with one attached hydrogen (secondary N) is 2. The molecule has 2 atom stereocenters. The van der Waals surface area contributed by atoms with E-state index in [1.165, 1.54) is 38.5 Å². The number of hydrogen-bond acceptors (Lipinski definition) is 6. The fraction of sp³-hybridized carbons (Fsp3) is 0.625. The van der Waals surface area contributed by atoms with Crippen LogP contribution in [0.1, 0.15) is 168 Å². The summed E-state index contributed by atoms with van der Waals surface area (Å²) in [5, 5.41) is 22.5. The van der Waals surface area contributed by atoms with E-state index in [0.717, 1.165) is 96.3 Å². The van der Waals surface area contributed by atoms with E-state index in [1.807, 2.05) is 6.08 Å². The molecule has 2 unspecified atom stereocenters. The van der Waals surface area contributed by atoms with E-state index < -0.39 is 24.5 Å². The van der Waals surface area contributed by atoms with E-state index in [4.69, 9.17) is 14.9 Å². The van der Waals surface area contributed by atoms with Crippen molar-refractivity contribution in [3.05, 3.63) is 85.1 Å². The summed E-state index contributed by atoms with van der Waals surface area (Å²) in [6, 6.07) is -1.40. The lowest BCUT2D eigenvalue weighted by atomic mass is 10.1. The molecule has 0 saturated carbocycles. The van der Waals surface area contributed by atoms with E-state index in [2.05, 4.69) is 103 Å². The average Bonchev–Trinajstić information content (AvgIpc) is 3.20. The molecule has 0 aliphatic carbocycles. The van der Waals surface area contributed by atoms with E-state index in [1.54, 1.807) is 0 Å². The molecule has 0 aromatic heterocycles. The molecule has 4 N–H and O–H groups in total. The number of carboxylic acid groups (broad SMARTS) is 1. The summed E-state index contributed by atoms with van der Waals surface area (Å²) in [5.74, 6) is -2.45. The van der Waals surface area contributed by atoms with E-state index in [9.17, 15) is 19.2 Å². The molecule has 0 aromatic carbocycles. The molecule has 0 saturated heterocycles.